The molecule has 2 nitrogen and oxygen atoms in total. The molecule has 0 radical (unpaired) electrons. The summed E-state index contributed by atoms with van der Waals surface area (Å²) in [6.07, 6.45) is 0. The minimum atomic E-state index is -0.120. The van der Waals surface area contributed by atoms with Crippen molar-refractivity contribution in [2.24, 2.45) is 0 Å². The lowest BCUT2D eigenvalue weighted by atomic mass is 10.0. The van der Waals surface area contributed by atoms with Gasteiger partial charge in [-0.1, -0.05) is 37.8 Å². The third kappa shape index (κ3) is 4.10. The van der Waals surface area contributed by atoms with Crippen molar-refractivity contribution in [1.29, 1.82) is 0 Å². The Bertz CT molecular complexity index is 659. The molecule has 2 aromatic rings. The zero-order valence-corrected chi connectivity index (χ0v) is 13.5. The average Bonchev–Trinajstić information content (AvgIpc) is 2.90. The lowest BCUT2D eigenvalue weighted by Crippen LogP contribution is -2.00. The van der Waals surface area contributed by atoms with Crippen LogP contribution in [0.2, 0.25) is 0 Å². The first kappa shape index (κ1) is 15.6. The van der Waals surface area contributed by atoms with E-state index in [1.807, 2.05) is 11.4 Å². The van der Waals surface area contributed by atoms with Crippen molar-refractivity contribution in [2.45, 2.75) is 33.3 Å². The first-order chi connectivity index (χ1) is 10.1. The number of benzene rings is 1. The van der Waals surface area contributed by atoms with E-state index in [9.17, 15) is 0 Å². The fourth-order valence-corrected chi connectivity index (χ4v) is 2.83. The molecule has 0 atom stereocenters. The second kappa shape index (κ2) is 7.31. The van der Waals surface area contributed by atoms with Gasteiger partial charge in [-0.05, 0) is 41.5 Å². The third-order valence-corrected chi connectivity index (χ3v) is 4.09. The van der Waals surface area contributed by atoms with E-state index in [-0.39, 0.29) is 6.61 Å². The van der Waals surface area contributed by atoms with Crippen LogP contribution in [0.3, 0.4) is 0 Å². The van der Waals surface area contributed by atoms with E-state index < -0.39 is 0 Å². The Kier molecular flexibility index (Phi) is 5.44. The zero-order chi connectivity index (χ0) is 15.2. The molecule has 0 bridgehead atoms. The van der Waals surface area contributed by atoms with Crippen LogP contribution in [0.25, 0.3) is 0 Å². The number of hydrogen-bond acceptors (Lipinski definition) is 3. The monoisotopic (exact) mass is 300 g/mol. The lowest BCUT2D eigenvalue weighted by molar-refractivity contribution is 0.305. The molecule has 1 aromatic carbocycles. The van der Waals surface area contributed by atoms with Gasteiger partial charge >= 0.3 is 0 Å². The molecular formula is C18H20O2S. The molecule has 3 heteroatoms. The number of aliphatic hydroxyl groups excluding tert-OH is 1. The Morgan fingerprint density at radius 1 is 1.29 bits per heavy atom. The molecule has 0 saturated carbocycles. The smallest absolute Gasteiger partial charge is 0.124 e. The van der Waals surface area contributed by atoms with Crippen molar-refractivity contribution < 1.29 is 9.84 Å². The first-order valence-electron chi connectivity index (χ1n) is 7.01. The van der Waals surface area contributed by atoms with E-state index in [0.717, 1.165) is 16.2 Å². The summed E-state index contributed by atoms with van der Waals surface area (Å²) in [7, 11) is 0. The van der Waals surface area contributed by atoms with Crippen LogP contribution in [0, 0.1) is 18.8 Å². The molecule has 0 amide bonds. The fraction of sp³-hybridized carbons (Fsp3) is 0.333. The van der Waals surface area contributed by atoms with Crippen LogP contribution in [0.5, 0.6) is 5.75 Å². The molecule has 0 spiro atoms. The second-order valence-corrected chi connectivity index (χ2v) is 6.20. The Balaban J connectivity index is 2.17. The van der Waals surface area contributed by atoms with Crippen LogP contribution in [0.4, 0.5) is 0 Å². The van der Waals surface area contributed by atoms with Gasteiger partial charge in [-0.2, -0.15) is 0 Å². The molecule has 1 heterocycles. The summed E-state index contributed by atoms with van der Waals surface area (Å²) >= 11 is 1.63. The van der Waals surface area contributed by atoms with Crippen LogP contribution in [-0.2, 0) is 6.61 Å². The normalized spacial score (nSPS) is 10.3. The number of ether oxygens (including phenoxy) is 1. The molecule has 0 aliphatic rings. The van der Waals surface area contributed by atoms with Crippen molar-refractivity contribution in [1.82, 2.24) is 0 Å². The van der Waals surface area contributed by atoms with Gasteiger partial charge in [0.2, 0.25) is 0 Å². The molecule has 2 rings (SSSR count). The highest BCUT2D eigenvalue weighted by Gasteiger charge is 2.10. The van der Waals surface area contributed by atoms with Crippen LogP contribution >= 0.6 is 11.3 Å². The highest BCUT2D eigenvalue weighted by atomic mass is 32.1. The summed E-state index contributed by atoms with van der Waals surface area (Å²) in [6.45, 7) is 6.80. The topological polar surface area (TPSA) is 29.5 Å². The molecule has 1 N–H and O–H groups in total. The van der Waals surface area contributed by atoms with Crippen molar-refractivity contribution in [3.63, 3.8) is 0 Å². The van der Waals surface area contributed by atoms with Crippen LogP contribution < -0.4 is 4.74 Å². The molecule has 110 valence electrons. The van der Waals surface area contributed by atoms with Crippen molar-refractivity contribution in [3.05, 3.63) is 51.2 Å². The van der Waals surface area contributed by atoms with Crippen molar-refractivity contribution >= 4 is 11.3 Å². The van der Waals surface area contributed by atoms with Crippen LogP contribution in [-0.4, -0.2) is 11.7 Å². The van der Waals surface area contributed by atoms with E-state index in [0.29, 0.717) is 12.5 Å². The number of aliphatic hydroxyl groups is 1. The molecule has 1 aromatic heterocycles. The predicted octanol–water partition coefficient (Wildman–Crippen LogP) is 4.10. The van der Waals surface area contributed by atoms with Gasteiger partial charge in [-0.25, -0.2) is 0 Å². The summed E-state index contributed by atoms with van der Waals surface area (Å²) in [5, 5.41) is 10.8. The van der Waals surface area contributed by atoms with Gasteiger partial charge in [0.25, 0.3) is 0 Å². The standard InChI is InChI=1S/C18H20O2S/c1-13(2)16-7-6-14(3)11-17(16)20-12-18-15(5-4-9-19)8-10-21-18/h6-8,10-11,13,19H,9,12H2,1-3H3. The summed E-state index contributed by atoms with van der Waals surface area (Å²) in [5.74, 6) is 7.02. The van der Waals surface area contributed by atoms with Gasteiger partial charge < -0.3 is 9.84 Å². The van der Waals surface area contributed by atoms with Gasteiger partial charge in [0.05, 0.1) is 4.88 Å². The lowest BCUT2D eigenvalue weighted by Gasteiger charge is -2.14. The van der Waals surface area contributed by atoms with Crippen LogP contribution in [0.15, 0.2) is 29.6 Å². The number of aryl methyl sites for hydroxylation is 1. The molecule has 0 aliphatic heterocycles. The van der Waals surface area contributed by atoms with Gasteiger partial charge in [0.1, 0.15) is 19.0 Å². The SMILES string of the molecule is Cc1ccc(C(C)C)c(OCc2sccc2C#CCO)c1. The summed E-state index contributed by atoms with van der Waals surface area (Å²) in [5.41, 5.74) is 3.36. The summed E-state index contributed by atoms with van der Waals surface area (Å²) < 4.78 is 6.02. The molecule has 0 unspecified atom stereocenters. The van der Waals surface area contributed by atoms with Gasteiger partial charge in [0.15, 0.2) is 0 Å². The van der Waals surface area contributed by atoms with E-state index in [4.69, 9.17) is 9.84 Å². The highest BCUT2D eigenvalue weighted by molar-refractivity contribution is 7.10. The second-order valence-electron chi connectivity index (χ2n) is 5.20. The largest absolute Gasteiger partial charge is 0.488 e. The minimum Gasteiger partial charge on any atom is -0.488 e. The van der Waals surface area contributed by atoms with Crippen LogP contribution in [0.1, 0.15) is 41.3 Å². The molecule has 21 heavy (non-hydrogen) atoms. The Morgan fingerprint density at radius 2 is 2.10 bits per heavy atom. The quantitative estimate of drug-likeness (QED) is 0.861. The number of hydrogen-bond donors (Lipinski definition) is 1. The maximum absolute atomic E-state index is 8.79. The van der Waals surface area contributed by atoms with Gasteiger partial charge in [-0.15, -0.1) is 11.3 Å². The highest BCUT2D eigenvalue weighted by Crippen LogP contribution is 2.29. The van der Waals surface area contributed by atoms with Crippen molar-refractivity contribution in [2.75, 3.05) is 6.61 Å². The molecule has 0 fully saturated rings. The minimum absolute atomic E-state index is 0.120. The Labute approximate surface area is 130 Å². The first-order valence-corrected chi connectivity index (χ1v) is 7.89. The molecule has 0 aliphatic carbocycles. The van der Waals surface area contributed by atoms with E-state index in [1.54, 1.807) is 11.3 Å². The zero-order valence-electron chi connectivity index (χ0n) is 12.6. The number of rotatable bonds is 4. The molecule has 0 saturated heterocycles. The maximum atomic E-state index is 8.79. The third-order valence-electron chi connectivity index (χ3n) is 3.20. The van der Waals surface area contributed by atoms with E-state index in [2.05, 4.69) is 50.8 Å². The van der Waals surface area contributed by atoms with E-state index >= 15 is 0 Å². The number of thiophene rings is 1. The summed E-state index contributed by atoms with van der Waals surface area (Å²) in [6, 6.07) is 8.30. The predicted molar refractivity (Wildman–Crippen MR) is 87.9 cm³/mol. The van der Waals surface area contributed by atoms with Gasteiger partial charge in [0, 0.05) is 5.56 Å². The van der Waals surface area contributed by atoms with Crippen molar-refractivity contribution in [3.8, 4) is 17.6 Å². The van der Waals surface area contributed by atoms with Gasteiger partial charge in [-0.3, -0.25) is 0 Å². The molecular weight excluding hydrogens is 280 g/mol. The fourth-order valence-electron chi connectivity index (χ4n) is 2.09. The Morgan fingerprint density at radius 3 is 2.81 bits per heavy atom. The maximum Gasteiger partial charge on any atom is 0.124 e. The summed E-state index contributed by atoms with van der Waals surface area (Å²) in [4.78, 5) is 1.09. The van der Waals surface area contributed by atoms with E-state index in [1.165, 1.54) is 11.1 Å². The Hall–Kier alpha value is -1.76. The average molecular weight is 300 g/mol.